The maximum absolute atomic E-state index is 13.3. The van der Waals surface area contributed by atoms with Gasteiger partial charge in [0.1, 0.15) is 11.6 Å². The van der Waals surface area contributed by atoms with Crippen LogP contribution >= 0.6 is 0 Å². The number of anilines is 1. The summed E-state index contributed by atoms with van der Waals surface area (Å²) in [6.07, 6.45) is -5.04. The van der Waals surface area contributed by atoms with Gasteiger partial charge in [0.15, 0.2) is 0 Å². The van der Waals surface area contributed by atoms with Crippen molar-refractivity contribution in [1.29, 1.82) is 0 Å². The van der Waals surface area contributed by atoms with Crippen LogP contribution in [-0.2, 0) is 16.2 Å². The molecule has 0 saturated carbocycles. The Morgan fingerprint density at radius 1 is 1.19 bits per heavy atom. The average Bonchev–Trinajstić information content (AvgIpc) is 2.31. The lowest BCUT2D eigenvalue weighted by Gasteiger charge is -2.13. The third-order valence-electron chi connectivity index (χ3n) is 2.45. The summed E-state index contributed by atoms with van der Waals surface area (Å²) in [5.41, 5.74) is -2.42. The van der Waals surface area contributed by atoms with Crippen LogP contribution in [0.25, 0.3) is 0 Å². The fourth-order valence-corrected chi connectivity index (χ4v) is 2.65. The molecule has 0 unspecified atom stereocenters. The third kappa shape index (κ3) is 5.03. The number of phenols is 1. The minimum atomic E-state index is -5.01. The molecule has 21 heavy (non-hydrogen) atoms. The SMILES string of the molecule is O=S(=O)(CCCCF)Nc1cc(F)c(C(F)(F)F)cc1O. The summed E-state index contributed by atoms with van der Waals surface area (Å²) in [6, 6.07) is 0.333. The molecule has 4 nitrogen and oxygen atoms in total. The standard InChI is InChI=1S/C11H12F5NO3S/c12-3-1-2-4-21(19,20)17-9-6-8(13)7(5-10(9)18)11(14,15)16/h5-6,17-18H,1-4H2. The highest BCUT2D eigenvalue weighted by Crippen LogP contribution is 2.37. The number of sulfonamides is 1. The van der Waals surface area contributed by atoms with Crippen LogP contribution in [0.4, 0.5) is 27.6 Å². The van der Waals surface area contributed by atoms with E-state index < -0.39 is 51.4 Å². The van der Waals surface area contributed by atoms with Crippen molar-refractivity contribution in [2.75, 3.05) is 17.1 Å². The Kier molecular flexibility index (Phi) is 5.37. The highest BCUT2D eigenvalue weighted by molar-refractivity contribution is 7.92. The Labute approximate surface area is 117 Å². The number of alkyl halides is 4. The van der Waals surface area contributed by atoms with E-state index in [-0.39, 0.29) is 25.0 Å². The van der Waals surface area contributed by atoms with E-state index in [9.17, 15) is 35.5 Å². The Bertz CT molecular complexity index is 601. The molecule has 2 N–H and O–H groups in total. The lowest BCUT2D eigenvalue weighted by Crippen LogP contribution is -2.17. The van der Waals surface area contributed by atoms with E-state index in [4.69, 9.17) is 0 Å². The molecule has 1 aromatic carbocycles. The largest absolute Gasteiger partial charge is 0.506 e. The van der Waals surface area contributed by atoms with Gasteiger partial charge in [0.25, 0.3) is 0 Å². The molecule has 1 rings (SSSR count). The third-order valence-corrected chi connectivity index (χ3v) is 3.81. The Morgan fingerprint density at radius 3 is 2.33 bits per heavy atom. The van der Waals surface area contributed by atoms with Gasteiger partial charge in [0.2, 0.25) is 10.0 Å². The molecule has 0 aliphatic heterocycles. The number of benzene rings is 1. The van der Waals surface area contributed by atoms with Gasteiger partial charge in [0.05, 0.1) is 23.7 Å². The van der Waals surface area contributed by atoms with Gasteiger partial charge < -0.3 is 5.11 Å². The van der Waals surface area contributed by atoms with E-state index in [1.165, 1.54) is 0 Å². The van der Waals surface area contributed by atoms with Crippen LogP contribution in [0.3, 0.4) is 0 Å². The van der Waals surface area contributed by atoms with Crippen molar-refractivity contribution < 1.29 is 35.5 Å². The Morgan fingerprint density at radius 2 is 1.81 bits per heavy atom. The number of hydrogen-bond donors (Lipinski definition) is 2. The highest BCUT2D eigenvalue weighted by Gasteiger charge is 2.35. The highest BCUT2D eigenvalue weighted by atomic mass is 32.2. The molecule has 0 spiro atoms. The number of nitrogens with one attached hydrogen (secondary N) is 1. The molecule has 0 radical (unpaired) electrons. The molecule has 0 aliphatic carbocycles. The molecule has 0 aliphatic rings. The fourth-order valence-electron chi connectivity index (χ4n) is 1.47. The molecule has 0 heterocycles. The van der Waals surface area contributed by atoms with Crippen molar-refractivity contribution in [1.82, 2.24) is 0 Å². The zero-order valence-corrected chi connectivity index (χ0v) is 11.4. The van der Waals surface area contributed by atoms with Crippen LogP contribution in [0.2, 0.25) is 0 Å². The maximum Gasteiger partial charge on any atom is 0.419 e. The molecule has 0 amide bonds. The number of hydrogen-bond acceptors (Lipinski definition) is 3. The number of rotatable bonds is 6. The van der Waals surface area contributed by atoms with E-state index in [2.05, 4.69) is 0 Å². The quantitative estimate of drug-likeness (QED) is 0.478. The van der Waals surface area contributed by atoms with Crippen LogP contribution in [-0.4, -0.2) is 26.0 Å². The second-order valence-corrected chi connectivity index (χ2v) is 6.01. The van der Waals surface area contributed by atoms with Crippen molar-refractivity contribution in [2.24, 2.45) is 0 Å². The lowest BCUT2D eigenvalue weighted by atomic mass is 10.1. The van der Waals surface area contributed by atoms with E-state index >= 15 is 0 Å². The summed E-state index contributed by atoms with van der Waals surface area (Å²) in [7, 11) is -4.02. The molecule has 10 heteroatoms. The second kappa shape index (κ2) is 6.46. The monoisotopic (exact) mass is 333 g/mol. The van der Waals surface area contributed by atoms with Gasteiger partial charge in [0, 0.05) is 6.07 Å². The molecule has 120 valence electrons. The fraction of sp³-hybridized carbons (Fsp3) is 0.455. The Balaban J connectivity index is 2.98. The normalized spacial score (nSPS) is 12.4. The number of aromatic hydroxyl groups is 1. The Hall–Kier alpha value is -1.58. The van der Waals surface area contributed by atoms with E-state index in [1.54, 1.807) is 4.72 Å². The molecule has 0 bridgehead atoms. The van der Waals surface area contributed by atoms with Crippen LogP contribution in [0.15, 0.2) is 12.1 Å². The van der Waals surface area contributed by atoms with Crippen molar-refractivity contribution >= 4 is 15.7 Å². The lowest BCUT2D eigenvalue weighted by molar-refractivity contribution is -0.140. The van der Waals surface area contributed by atoms with Gasteiger partial charge in [-0.3, -0.25) is 9.11 Å². The summed E-state index contributed by atoms with van der Waals surface area (Å²) in [6.45, 7) is -0.713. The van der Waals surface area contributed by atoms with Gasteiger partial charge in [-0.05, 0) is 18.9 Å². The summed E-state index contributed by atoms with van der Waals surface area (Å²) < 4.78 is 87.1. The zero-order chi connectivity index (χ0) is 16.3. The molecular formula is C11H12F5NO3S. The topological polar surface area (TPSA) is 66.4 Å². The van der Waals surface area contributed by atoms with Crippen LogP contribution < -0.4 is 4.72 Å². The van der Waals surface area contributed by atoms with Gasteiger partial charge in [-0.2, -0.15) is 13.2 Å². The zero-order valence-electron chi connectivity index (χ0n) is 10.5. The first kappa shape index (κ1) is 17.5. The average molecular weight is 333 g/mol. The van der Waals surface area contributed by atoms with Gasteiger partial charge >= 0.3 is 6.18 Å². The molecule has 1 aromatic rings. The first-order chi connectivity index (χ1) is 9.57. The predicted octanol–water partition coefficient (Wildman–Crippen LogP) is 3.04. The van der Waals surface area contributed by atoms with Gasteiger partial charge in [-0.15, -0.1) is 0 Å². The van der Waals surface area contributed by atoms with Crippen LogP contribution in [0.1, 0.15) is 18.4 Å². The van der Waals surface area contributed by atoms with Gasteiger partial charge in [-0.1, -0.05) is 0 Å². The summed E-state index contributed by atoms with van der Waals surface area (Å²) in [4.78, 5) is 0. The van der Waals surface area contributed by atoms with E-state index in [0.29, 0.717) is 0 Å². The van der Waals surface area contributed by atoms with E-state index in [1.807, 2.05) is 0 Å². The predicted molar refractivity (Wildman–Crippen MR) is 65.7 cm³/mol. The molecule has 0 atom stereocenters. The van der Waals surface area contributed by atoms with Crippen molar-refractivity contribution in [3.63, 3.8) is 0 Å². The van der Waals surface area contributed by atoms with Crippen molar-refractivity contribution in [3.8, 4) is 5.75 Å². The molecule has 0 saturated heterocycles. The molecular weight excluding hydrogens is 321 g/mol. The van der Waals surface area contributed by atoms with Crippen LogP contribution in [0.5, 0.6) is 5.75 Å². The van der Waals surface area contributed by atoms with Crippen molar-refractivity contribution in [2.45, 2.75) is 19.0 Å². The molecule has 0 aromatic heterocycles. The first-order valence-electron chi connectivity index (χ1n) is 5.73. The first-order valence-corrected chi connectivity index (χ1v) is 7.38. The second-order valence-electron chi connectivity index (χ2n) is 4.16. The minimum absolute atomic E-state index is 0.00569. The number of halogens is 5. The van der Waals surface area contributed by atoms with Crippen LogP contribution in [0, 0.1) is 5.82 Å². The molecule has 0 fully saturated rings. The van der Waals surface area contributed by atoms with Gasteiger partial charge in [-0.25, -0.2) is 12.8 Å². The summed E-state index contributed by atoms with van der Waals surface area (Å²) >= 11 is 0. The smallest absolute Gasteiger partial charge is 0.419 e. The van der Waals surface area contributed by atoms with Crippen molar-refractivity contribution in [3.05, 3.63) is 23.5 Å². The number of unbranched alkanes of at least 4 members (excludes halogenated alkanes) is 1. The summed E-state index contributed by atoms with van der Waals surface area (Å²) in [5.74, 6) is -3.28. The maximum atomic E-state index is 13.3. The van der Waals surface area contributed by atoms with E-state index in [0.717, 1.165) is 0 Å². The number of phenolic OH excluding ortho intramolecular Hbond substituents is 1. The minimum Gasteiger partial charge on any atom is -0.506 e. The summed E-state index contributed by atoms with van der Waals surface area (Å²) in [5, 5.41) is 9.36.